The fourth-order valence-corrected chi connectivity index (χ4v) is 3.57. The van der Waals surface area contributed by atoms with Gasteiger partial charge in [0.25, 0.3) is 5.56 Å². The van der Waals surface area contributed by atoms with Crippen LogP contribution in [0.25, 0.3) is 10.8 Å². The summed E-state index contributed by atoms with van der Waals surface area (Å²) < 4.78 is 0.999. The van der Waals surface area contributed by atoms with Crippen LogP contribution in [0.1, 0.15) is 43.6 Å². The number of Topliss-reactive ketones (excluding diaryl/α,β-unsaturated/α-hetero) is 1. The molecule has 0 aliphatic heterocycles. The smallest absolute Gasteiger partial charge is 0.357 e. The first-order valence-corrected chi connectivity index (χ1v) is 9.79. The number of ketones is 1. The molecule has 1 atom stereocenters. The van der Waals surface area contributed by atoms with E-state index in [2.05, 4.69) is 5.10 Å². The lowest BCUT2D eigenvalue weighted by molar-refractivity contribution is 0.0687. The van der Waals surface area contributed by atoms with Crippen molar-refractivity contribution in [1.29, 1.82) is 0 Å². The number of carbonyl (C=O) groups is 2. The first kappa shape index (κ1) is 20.2. The van der Waals surface area contributed by atoms with Gasteiger partial charge in [0.1, 0.15) is 6.04 Å². The molecule has 0 aliphatic rings. The Balaban J connectivity index is 2.01. The molecule has 0 spiro atoms. The monoisotopic (exact) mass is 412 g/mol. The minimum absolute atomic E-state index is 0.198. The van der Waals surface area contributed by atoms with E-state index in [9.17, 15) is 19.5 Å². The maximum absolute atomic E-state index is 13.6. The van der Waals surface area contributed by atoms with Crippen LogP contribution in [-0.2, 0) is 0 Å². The molecule has 0 aliphatic carbocycles. The Morgan fingerprint density at radius 2 is 1.39 bits per heavy atom. The first-order valence-electron chi connectivity index (χ1n) is 9.79. The molecule has 1 N–H and O–H groups in total. The van der Waals surface area contributed by atoms with E-state index in [0.29, 0.717) is 11.1 Å². The maximum Gasteiger partial charge on any atom is 0.357 e. The molecule has 1 heterocycles. The van der Waals surface area contributed by atoms with Crippen LogP contribution in [0.15, 0.2) is 77.6 Å². The summed E-state index contributed by atoms with van der Waals surface area (Å²) in [7, 11) is 0. The number of fused-ring (bicyclic) bond motifs is 1. The molecule has 31 heavy (non-hydrogen) atoms. The number of hydrogen-bond acceptors (Lipinski definition) is 4. The number of hydrogen-bond donors (Lipinski definition) is 1. The zero-order valence-corrected chi connectivity index (χ0v) is 17.1. The van der Waals surface area contributed by atoms with Gasteiger partial charge in [0.2, 0.25) is 0 Å². The van der Waals surface area contributed by atoms with Gasteiger partial charge in [0.05, 0.1) is 5.39 Å². The van der Waals surface area contributed by atoms with Gasteiger partial charge in [0, 0.05) is 10.9 Å². The van der Waals surface area contributed by atoms with Crippen molar-refractivity contribution in [2.24, 2.45) is 0 Å². The summed E-state index contributed by atoms with van der Waals surface area (Å²) in [6.45, 7) is 3.84. The Hall–Kier alpha value is -4.06. The number of carboxylic acids is 1. The Bertz CT molecular complexity index is 1350. The van der Waals surface area contributed by atoms with E-state index in [-0.39, 0.29) is 22.2 Å². The molecule has 6 nitrogen and oxygen atoms in total. The fourth-order valence-electron chi connectivity index (χ4n) is 3.57. The summed E-state index contributed by atoms with van der Waals surface area (Å²) in [6.07, 6.45) is 0. The fraction of sp³-hybridized carbons (Fsp3) is 0.120. The second kappa shape index (κ2) is 7.99. The van der Waals surface area contributed by atoms with Gasteiger partial charge in [-0.25, -0.2) is 9.48 Å². The van der Waals surface area contributed by atoms with Gasteiger partial charge in [0.15, 0.2) is 11.5 Å². The lowest BCUT2D eigenvalue weighted by Crippen LogP contribution is -2.34. The average molecular weight is 412 g/mol. The highest BCUT2D eigenvalue weighted by Gasteiger charge is 2.28. The van der Waals surface area contributed by atoms with Crippen molar-refractivity contribution in [3.05, 3.63) is 111 Å². The Morgan fingerprint density at radius 1 is 0.839 bits per heavy atom. The van der Waals surface area contributed by atoms with E-state index in [4.69, 9.17) is 0 Å². The van der Waals surface area contributed by atoms with Gasteiger partial charge in [-0.2, -0.15) is 5.10 Å². The van der Waals surface area contributed by atoms with Crippen LogP contribution in [-0.4, -0.2) is 26.6 Å². The number of benzene rings is 3. The summed E-state index contributed by atoms with van der Waals surface area (Å²) in [4.78, 5) is 38.8. The molecular weight excluding hydrogens is 392 g/mol. The predicted octanol–water partition coefficient (Wildman–Crippen LogP) is 4.18. The standard InChI is InChI=1S/C25H20N2O4/c1-15-7-11-17(12-8-15)22(23(28)18-13-9-16(2)10-14-18)27-24(29)20-6-4-3-5-19(20)21(26-27)25(30)31/h3-14,22H,1-2H3,(H,30,31)/t22-/m1/s1. The number of nitrogens with zero attached hydrogens (tertiary/aromatic N) is 2. The van der Waals surface area contributed by atoms with Crippen LogP contribution in [0.3, 0.4) is 0 Å². The second-order valence-corrected chi connectivity index (χ2v) is 7.49. The van der Waals surface area contributed by atoms with E-state index in [1.165, 1.54) is 0 Å². The SMILES string of the molecule is Cc1ccc(C(=O)[C@@H](c2ccc(C)cc2)n2nc(C(=O)O)c3ccccc3c2=O)cc1. The van der Waals surface area contributed by atoms with Crippen molar-refractivity contribution in [3.8, 4) is 0 Å². The minimum Gasteiger partial charge on any atom is -0.476 e. The quantitative estimate of drug-likeness (QED) is 0.497. The molecular formula is C25H20N2O4. The van der Waals surface area contributed by atoms with Crippen LogP contribution in [0.5, 0.6) is 0 Å². The Morgan fingerprint density at radius 3 is 1.97 bits per heavy atom. The number of aromatic carboxylic acids is 1. The zero-order valence-electron chi connectivity index (χ0n) is 17.1. The van der Waals surface area contributed by atoms with E-state index >= 15 is 0 Å². The van der Waals surface area contributed by atoms with Crippen molar-refractivity contribution in [3.63, 3.8) is 0 Å². The van der Waals surface area contributed by atoms with Gasteiger partial charge in [-0.15, -0.1) is 0 Å². The van der Waals surface area contributed by atoms with Crippen LogP contribution in [0.2, 0.25) is 0 Å². The largest absolute Gasteiger partial charge is 0.476 e. The third-order valence-electron chi connectivity index (χ3n) is 5.25. The van der Waals surface area contributed by atoms with E-state index in [1.54, 1.807) is 48.5 Å². The van der Waals surface area contributed by atoms with Crippen LogP contribution in [0, 0.1) is 13.8 Å². The Kier molecular flexibility index (Phi) is 5.21. The van der Waals surface area contributed by atoms with Crippen molar-refractivity contribution in [2.45, 2.75) is 19.9 Å². The molecule has 6 heteroatoms. The summed E-state index contributed by atoms with van der Waals surface area (Å²) in [5.74, 6) is -1.61. The Labute approximate surface area is 178 Å². The summed E-state index contributed by atoms with van der Waals surface area (Å²) >= 11 is 0. The van der Waals surface area contributed by atoms with Crippen molar-refractivity contribution < 1.29 is 14.7 Å². The van der Waals surface area contributed by atoms with E-state index in [0.717, 1.165) is 15.8 Å². The topological polar surface area (TPSA) is 89.3 Å². The molecule has 0 unspecified atom stereocenters. The summed E-state index contributed by atoms with van der Waals surface area (Å²) in [5.41, 5.74) is 2.16. The molecule has 0 radical (unpaired) electrons. The number of carbonyl (C=O) groups excluding carboxylic acids is 1. The van der Waals surface area contributed by atoms with Crippen molar-refractivity contribution in [2.75, 3.05) is 0 Å². The highest BCUT2D eigenvalue weighted by atomic mass is 16.4. The van der Waals surface area contributed by atoms with Gasteiger partial charge >= 0.3 is 5.97 Å². The van der Waals surface area contributed by atoms with E-state index in [1.807, 2.05) is 38.1 Å². The molecule has 0 saturated heterocycles. The van der Waals surface area contributed by atoms with E-state index < -0.39 is 17.6 Å². The molecule has 154 valence electrons. The third-order valence-corrected chi connectivity index (χ3v) is 5.25. The lowest BCUT2D eigenvalue weighted by atomic mass is 9.96. The predicted molar refractivity (Wildman–Crippen MR) is 118 cm³/mol. The molecule has 4 aromatic rings. The number of carboxylic acid groups (broad SMARTS) is 1. The minimum atomic E-state index is -1.27. The zero-order chi connectivity index (χ0) is 22.1. The summed E-state index contributed by atoms with van der Waals surface area (Å²) in [5, 5.41) is 14.3. The first-order chi connectivity index (χ1) is 14.9. The second-order valence-electron chi connectivity index (χ2n) is 7.49. The third kappa shape index (κ3) is 3.75. The van der Waals surface area contributed by atoms with Crippen LogP contribution >= 0.6 is 0 Å². The highest BCUT2D eigenvalue weighted by molar-refractivity contribution is 6.03. The number of aromatic nitrogens is 2. The van der Waals surface area contributed by atoms with Gasteiger partial charge in [-0.1, -0.05) is 77.9 Å². The number of rotatable bonds is 5. The van der Waals surface area contributed by atoms with Gasteiger partial charge < -0.3 is 5.11 Å². The number of aryl methyl sites for hydroxylation is 2. The average Bonchev–Trinajstić information content (AvgIpc) is 2.77. The molecule has 0 amide bonds. The van der Waals surface area contributed by atoms with Crippen LogP contribution < -0.4 is 5.56 Å². The van der Waals surface area contributed by atoms with Crippen molar-refractivity contribution in [1.82, 2.24) is 9.78 Å². The molecule has 3 aromatic carbocycles. The van der Waals surface area contributed by atoms with Gasteiger partial charge in [-0.3, -0.25) is 9.59 Å². The highest BCUT2D eigenvalue weighted by Crippen LogP contribution is 2.24. The lowest BCUT2D eigenvalue weighted by Gasteiger charge is -2.20. The molecule has 0 bridgehead atoms. The molecule has 4 rings (SSSR count). The molecule has 1 aromatic heterocycles. The molecule has 0 fully saturated rings. The van der Waals surface area contributed by atoms with Crippen molar-refractivity contribution >= 4 is 22.5 Å². The van der Waals surface area contributed by atoms with Gasteiger partial charge in [-0.05, 0) is 25.5 Å². The molecule has 0 saturated carbocycles. The maximum atomic E-state index is 13.6. The normalized spacial score (nSPS) is 11.9. The van der Waals surface area contributed by atoms with Crippen LogP contribution in [0.4, 0.5) is 0 Å². The summed E-state index contributed by atoms with van der Waals surface area (Å²) in [6, 6.07) is 19.5.